The zero-order valence-electron chi connectivity index (χ0n) is 9.94. The molecule has 0 spiro atoms. The summed E-state index contributed by atoms with van der Waals surface area (Å²) in [5, 5.41) is 9.84. The molecular formula is C12H12BrF2N3. The smallest absolute Gasteiger partial charge is 0.149 e. The fourth-order valence-electron chi connectivity index (χ4n) is 1.68. The van der Waals surface area contributed by atoms with E-state index in [1.165, 1.54) is 6.07 Å². The van der Waals surface area contributed by atoms with E-state index in [9.17, 15) is 8.78 Å². The van der Waals surface area contributed by atoms with Crippen LogP contribution in [0.15, 0.2) is 16.6 Å². The van der Waals surface area contributed by atoms with E-state index in [0.29, 0.717) is 6.54 Å². The van der Waals surface area contributed by atoms with E-state index >= 15 is 0 Å². The van der Waals surface area contributed by atoms with Crippen molar-refractivity contribution >= 4 is 21.6 Å². The number of hydrogen-bond donors (Lipinski definition) is 2. The number of hydrogen-bond acceptors (Lipinski definition) is 2. The fourth-order valence-corrected chi connectivity index (χ4v) is 2.02. The Bertz CT molecular complexity index is 561. The molecule has 0 aliphatic rings. The second kappa shape index (κ2) is 5.06. The minimum Gasteiger partial charge on any atom is -0.378 e. The summed E-state index contributed by atoms with van der Waals surface area (Å²) in [5.74, 6) is -1.23. The van der Waals surface area contributed by atoms with Crippen LogP contribution in [0.3, 0.4) is 0 Å². The third-order valence-electron chi connectivity index (χ3n) is 2.75. The van der Waals surface area contributed by atoms with E-state index in [1.54, 1.807) is 0 Å². The first kappa shape index (κ1) is 13.0. The van der Waals surface area contributed by atoms with Crippen LogP contribution in [0.5, 0.6) is 0 Å². The first-order valence-electron chi connectivity index (χ1n) is 5.38. The molecule has 0 saturated carbocycles. The number of aromatic nitrogens is 2. The monoisotopic (exact) mass is 315 g/mol. The SMILES string of the molecule is Cc1n[nH]c(C)c1CNc1cc(Br)c(F)cc1F. The molecule has 6 heteroatoms. The van der Waals surface area contributed by atoms with Crippen molar-refractivity contribution in [2.45, 2.75) is 20.4 Å². The maximum absolute atomic E-state index is 13.5. The maximum atomic E-state index is 13.5. The van der Waals surface area contributed by atoms with Gasteiger partial charge in [-0.1, -0.05) is 0 Å². The first-order chi connectivity index (χ1) is 8.49. The number of benzene rings is 1. The Kier molecular flexibility index (Phi) is 3.65. The van der Waals surface area contributed by atoms with Gasteiger partial charge in [0.25, 0.3) is 0 Å². The average Bonchev–Trinajstić information content (AvgIpc) is 2.62. The lowest BCUT2D eigenvalue weighted by molar-refractivity contribution is 0.580. The molecule has 0 saturated heterocycles. The number of nitrogens with zero attached hydrogens (tertiary/aromatic N) is 1. The fraction of sp³-hybridized carbons (Fsp3) is 0.250. The number of aryl methyl sites for hydroxylation is 2. The van der Waals surface area contributed by atoms with Gasteiger partial charge in [0.05, 0.1) is 15.9 Å². The molecule has 0 atom stereocenters. The number of H-pyrrole nitrogens is 1. The van der Waals surface area contributed by atoms with Gasteiger partial charge in [-0.3, -0.25) is 5.10 Å². The van der Waals surface area contributed by atoms with Gasteiger partial charge < -0.3 is 5.32 Å². The summed E-state index contributed by atoms with van der Waals surface area (Å²) in [6.07, 6.45) is 0. The molecule has 18 heavy (non-hydrogen) atoms. The largest absolute Gasteiger partial charge is 0.378 e. The molecule has 3 nitrogen and oxygen atoms in total. The normalized spacial score (nSPS) is 10.7. The summed E-state index contributed by atoms with van der Waals surface area (Å²) >= 11 is 3.03. The van der Waals surface area contributed by atoms with Gasteiger partial charge in [0, 0.05) is 23.9 Å². The Balaban J connectivity index is 2.18. The quantitative estimate of drug-likeness (QED) is 0.848. The van der Waals surface area contributed by atoms with Gasteiger partial charge in [0.1, 0.15) is 11.6 Å². The molecule has 1 aromatic carbocycles. The molecule has 0 amide bonds. The molecule has 2 aromatic rings. The minimum atomic E-state index is -0.617. The first-order valence-corrected chi connectivity index (χ1v) is 6.17. The highest BCUT2D eigenvalue weighted by Gasteiger charge is 2.10. The van der Waals surface area contributed by atoms with E-state index < -0.39 is 11.6 Å². The van der Waals surface area contributed by atoms with E-state index in [1.807, 2.05) is 13.8 Å². The predicted molar refractivity (Wildman–Crippen MR) is 69.4 cm³/mol. The lowest BCUT2D eigenvalue weighted by atomic mass is 10.2. The van der Waals surface area contributed by atoms with Gasteiger partial charge in [-0.2, -0.15) is 5.10 Å². The van der Waals surface area contributed by atoms with Crippen molar-refractivity contribution in [2.75, 3.05) is 5.32 Å². The minimum absolute atomic E-state index is 0.229. The highest BCUT2D eigenvalue weighted by atomic mass is 79.9. The zero-order chi connectivity index (χ0) is 13.3. The Labute approximate surface area is 112 Å². The Morgan fingerprint density at radius 2 is 2.00 bits per heavy atom. The topological polar surface area (TPSA) is 40.7 Å². The van der Waals surface area contributed by atoms with Crippen molar-refractivity contribution < 1.29 is 8.78 Å². The summed E-state index contributed by atoms with van der Waals surface area (Å²) in [6, 6.07) is 2.23. The van der Waals surface area contributed by atoms with Gasteiger partial charge in [0.15, 0.2) is 0 Å². The Morgan fingerprint density at radius 1 is 1.28 bits per heavy atom. The zero-order valence-corrected chi connectivity index (χ0v) is 11.5. The lowest BCUT2D eigenvalue weighted by Crippen LogP contribution is -2.04. The van der Waals surface area contributed by atoms with E-state index in [0.717, 1.165) is 23.0 Å². The van der Waals surface area contributed by atoms with E-state index in [4.69, 9.17) is 0 Å². The second-order valence-corrected chi connectivity index (χ2v) is 4.87. The molecule has 96 valence electrons. The molecule has 0 bridgehead atoms. The predicted octanol–water partition coefficient (Wildman–Crippen LogP) is 3.68. The highest BCUT2D eigenvalue weighted by Crippen LogP contribution is 2.24. The number of halogens is 3. The summed E-state index contributed by atoms with van der Waals surface area (Å²) in [7, 11) is 0. The van der Waals surface area contributed by atoms with Crippen molar-refractivity contribution in [3.05, 3.63) is 45.2 Å². The van der Waals surface area contributed by atoms with E-state index in [2.05, 4.69) is 31.4 Å². The standard InChI is InChI=1S/C12H12BrF2N3/c1-6-8(7(2)18-17-6)5-16-12-3-9(13)10(14)4-11(12)15/h3-4,16H,5H2,1-2H3,(H,17,18). The van der Waals surface area contributed by atoms with Crippen molar-refractivity contribution in [1.82, 2.24) is 10.2 Å². The van der Waals surface area contributed by atoms with Gasteiger partial charge in [-0.15, -0.1) is 0 Å². The highest BCUT2D eigenvalue weighted by molar-refractivity contribution is 9.10. The molecular weight excluding hydrogens is 304 g/mol. The molecule has 1 aromatic heterocycles. The van der Waals surface area contributed by atoms with Crippen LogP contribution in [0.4, 0.5) is 14.5 Å². The van der Waals surface area contributed by atoms with Crippen molar-refractivity contribution in [3.63, 3.8) is 0 Å². The Hall–Kier alpha value is -1.43. The van der Waals surface area contributed by atoms with Gasteiger partial charge >= 0.3 is 0 Å². The van der Waals surface area contributed by atoms with Gasteiger partial charge in [0.2, 0.25) is 0 Å². The van der Waals surface area contributed by atoms with Crippen molar-refractivity contribution in [2.24, 2.45) is 0 Å². The van der Waals surface area contributed by atoms with Crippen LogP contribution in [-0.4, -0.2) is 10.2 Å². The molecule has 0 unspecified atom stereocenters. The number of rotatable bonds is 3. The van der Waals surface area contributed by atoms with Crippen LogP contribution >= 0.6 is 15.9 Å². The molecule has 0 radical (unpaired) electrons. The molecule has 2 rings (SSSR count). The number of aromatic amines is 1. The summed E-state index contributed by atoms with van der Waals surface area (Å²) < 4.78 is 26.8. The third kappa shape index (κ3) is 2.53. The molecule has 0 aliphatic heterocycles. The molecule has 1 heterocycles. The number of nitrogens with one attached hydrogen (secondary N) is 2. The van der Waals surface area contributed by atoms with Crippen molar-refractivity contribution in [1.29, 1.82) is 0 Å². The lowest BCUT2D eigenvalue weighted by Gasteiger charge is -2.09. The van der Waals surface area contributed by atoms with Gasteiger partial charge in [-0.25, -0.2) is 8.78 Å². The van der Waals surface area contributed by atoms with Crippen molar-refractivity contribution in [3.8, 4) is 0 Å². The second-order valence-electron chi connectivity index (χ2n) is 4.01. The third-order valence-corrected chi connectivity index (χ3v) is 3.35. The number of anilines is 1. The molecule has 0 aliphatic carbocycles. The molecule has 2 N–H and O–H groups in total. The maximum Gasteiger partial charge on any atom is 0.149 e. The average molecular weight is 316 g/mol. The van der Waals surface area contributed by atoms with E-state index in [-0.39, 0.29) is 10.2 Å². The summed E-state index contributed by atoms with van der Waals surface area (Å²) in [5.41, 5.74) is 3.03. The van der Waals surface area contributed by atoms with Crippen LogP contribution in [0.25, 0.3) is 0 Å². The Morgan fingerprint density at radius 3 is 2.61 bits per heavy atom. The van der Waals surface area contributed by atoms with Gasteiger partial charge in [-0.05, 0) is 35.8 Å². The summed E-state index contributed by atoms with van der Waals surface area (Å²) in [6.45, 7) is 4.20. The van der Waals surface area contributed by atoms with Crippen LogP contribution in [0.2, 0.25) is 0 Å². The van der Waals surface area contributed by atoms with Crippen LogP contribution < -0.4 is 5.32 Å². The summed E-state index contributed by atoms with van der Waals surface area (Å²) in [4.78, 5) is 0. The van der Waals surface area contributed by atoms with Crippen LogP contribution in [0.1, 0.15) is 17.0 Å². The van der Waals surface area contributed by atoms with Crippen LogP contribution in [0, 0.1) is 25.5 Å². The molecule has 0 fully saturated rings. The van der Waals surface area contributed by atoms with Crippen LogP contribution in [-0.2, 0) is 6.54 Å².